The summed E-state index contributed by atoms with van der Waals surface area (Å²) in [6.07, 6.45) is 0. The van der Waals surface area contributed by atoms with E-state index in [0.29, 0.717) is 5.75 Å². The molecule has 1 aliphatic heterocycles. The summed E-state index contributed by atoms with van der Waals surface area (Å²) < 4.78 is 5.50. The Morgan fingerprint density at radius 2 is 2.00 bits per heavy atom. The number of carbonyl (C=O) groups excluding carboxylic acids is 1. The number of nitrogens with zero attached hydrogens (tertiary/aromatic N) is 1. The second kappa shape index (κ2) is 8.41. The average molecular weight is 356 g/mol. The fraction of sp³-hybridized carbons (Fsp3) is 0.350. The summed E-state index contributed by atoms with van der Waals surface area (Å²) >= 11 is 1.61. The van der Waals surface area contributed by atoms with E-state index in [2.05, 4.69) is 24.4 Å². The van der Waals surface area contributed by atoms with Gasteiger partial charge in [-0.3, -0.25) is 4.79 Å². The first-order chi connectivity index (χ1) is 12.2. The van der Waals surface area contributed by atoms with E-state index in [0.717, 1.165) is 30.9 Å². The number of methoxy groups -OCH3 is 1. The highest BCUT2D eigenvalue weighted by Crippen LogP contribution is 2.31. The summed E-state index contributed by atoms with van der Waals surface area (Å²) in [7, 11) is 1.68. The van der Waals surface area contributed by atoms with Gasteiger partial charge < -0.3 is 15.0 Å². The Labute approximate surface area is 153 Å². The molecule has 1 amide bonds. The molecule has 1 N–H and O–H groups in total. The lowest BCUT2D eigenvalue weighted by molar-refractivity contribution is -0.131. The van der Waals surface area contributed by atoms with Crippen LogP contribution in [0.1, 0.15) is 17.2 Å². The van der Waals surface area contributed by atoms with E-state index in [-0.39, 0.29) is 11.9 Å². The van der Waals surface area contributed by atoms with Gasteiger partial charge in [0, 0.05) is 30.1 Å². The molecule has 132 valence electrons. The lowest BCUT2D eigenvalue weighted by Crippen LogP contribution is -2.49. The number of benzene rings is 2. The normalized spacial score (nSPS) is 17.4. The number of para-hydroxylation sites is 1. The van der Waals surface area contributed by atoms with Gasteiger partial charge in [-0.2, -0.15) is 0 Å². The third-order valence-electron chi connectivity index (χ3n) is 4.51. The summed E-state index contributed by atoms with van der Waals surface area (Å²) in [5.74, 6) is 1.46. The predicted molar refractivity (Wildman–Crippen MR) is 102 cm³/mol. The quantitative estimate of drug-likeness (QED) is 0.835. The van der Waals surface area contributed by atoms with Crippen molar-refractivity contribution in [2.45, 2.75) is 17.9 Å². The summed E-state index contributed by atoms with van der Waals surface area (Å²) in [5.41, 5.74) is 2.27. The second-order valence-electron chi connectivity index (χ2n) is 6.10. The Kier molecular flexibility index (Phi) is 6.00. The molecule has 1 saturated heterocycles. The summed E-state index contributed by atoms with van der Waals surface area (Å²) in [4.78, 5) is 16.1. The number of carbonyl (C=O) groups is 1. The molecule has 0 saturated carbocycles. The predicted octanol–water partition coefficient (Wildman–Crippen LogP) is 3.27. The van der Waals surface area contributed by atoms with Gasteiger partial charge in [-0.05, 0) is 24.6 Å². The summed E-state index contributed by atoms with van der Waals surface area (Å²) in [5, 5.41) is 3.40. The average Bonchev–Trinajstić information content (AvgIpc) is 2.67. The van der Waals surface area contributed by atoms with Crippen LogP contribution < -0.4 is 10.1 Å². The van der Waals surface area contributed by atoms with Gasteiger partial charge in [0.1, 0.15) is 5.75 Å². The van der Waals surface area contributed by atoms with Crippen molar-refractivity contribution in [3.8, 4) is 5.75 Å². The molecule has 25 heavy (non-hydrogen) atoms. The van der Waals surface area contributed by atoms with Crippen LogP contribution in [0.3, 0.4) is 0 Å². The van der Waals surface area contributed by atoms with Crippen LogP contribution >= 0.6 is 11.8 Å². The van der Waals surface area contributed by atoms with Gasteiger partial charge in [0.25, 0.3) is 0 Å². The molecule has 0 bridgehead atoms. The maximum absolute atomic E-state index is 12.9. The topological polar surface area (TPSA) is 41.6 Å². The van der Waals surface area contributed by atoms with Crippen molar-refractivity contribution in [2.75, 3.05) is 32.5 Å². The highest BCUT2D eigenvalue weighted by Gasteiger charge is 2.29. The Morgan fingerprint density at radius 1 is 1.24 bits per heavy atom. The van der Waals surface area contributed by atoms with E-state index in [1.54, 1.807) is 18.9 Å². The maximum atomic E-state index is 12.9. The van der Waals surface area contributed by atoms with Gasteiger partial charge in [0.15, 0.2) is 0 Å². The zero-order valence-electron chi connectivity index (χ0n) is 14.7. The molecule has 0 aliphatic carbocycles. The number of amides is 1. The molecule has 2 aromatic rings. The Balaban J connectivity index is 1.74. The van der Waals surface area contributed by atoms with Crippen molar-refractivity contribution in [1.29, 1.82) is 0 Å². The molecule has 1 heterocycles. The smallest absolute Gasteiger partial charge is 0.233 e. The lowest BCUT2D eigenvalue weighted by atomic mass is 10.0. The van der Waals surface area contributed by atoms with Crippen LogP contribution in [0.4, 0.5) is 0 Å². The lowest BCUT2D eigenvalue weighted by Gasteiger charge is -2.37. The van der Waals surface area contributed by atoms with E-state index in [4.69, 9.17) is 4.74 Å². The molecule has 1 fully saturated rings. The number of aryl methyl sites for hydroxylation is 1. The van der Waals surface area contributed by atoms with Gasteiger partial charge in [0.2, 0.25) is 5.91 Å². The summed E-state index contributed by atoms with van der Waals surface area (Å²) in [6.45, 7) is 4.37. The van der Waals surface area contributed by atoms with Crippen molar-refractivity contribution in [1.82, 2.24) is 10.2 Å². The molecule has 0 spiro atoms. The standard InChI is InChI=1S/C20H24N2O2S/c1-15-7-3-6-10-19(15)25-14-20(23)22-12-11-21-13-17(22)16-8-4-5-9-18(16)24-2/h3-10,17,21H,11-14H2,1-2H3. The van der Waals surface area contributed by atoms with Crippen molar-refractivity contribution >= 4 is 17.7 Å². The van der Waals surface area contributed by atoms with Gasteiger partial charge in [0.05, 0.1) is 18.9 Å². The van der Waals surface area contributed by atoms with E-state index < -0.39 is 0 Å². The monoisotopic (exact) mass is 356 g/mol. The minimum atomic E-state index is 0.00914. The molecular formula is C20H24N2O2S. The largest absolute Gasteiger partial charge is 0.496 e. The van der Waals surface area contributed by atoms with Gasteiger partial charge >= 0.3 is 0 Å². The molecule has 1 atom stereocenters. The highest BCUT2D eigenvalue weighted by molar-refractivity contribution is 8.00. The van der Waals surface area contributed by atoms with Crippen LogP contribution in [0.15, 0.2) is 53.4 Å². The SMILES string of the molecule is COc1ccccc1C1CNCCN1C(=O)CSc1ccccc1C. The zero-order valence-corrected chi connectivity index (χ0v) is 15.5. The molecule has 1 unspecified atom stereocenters. The van der Waals surface area contributed by atoms with Crippen LogP contribution in [-0.2, 0) is 4.79 Å². The van der Waals surface area contributed by atoms with Crippen LogP contribution in [0.2, 0.25) is 0 Å². The molecular weight excluding hydrogens is 332 g/mol. The van der Waals surface area contributed by atoms with E-state index >= 15 is 0 Å². The van der Waals surface area contributed by atoms with Crippen molar-refractivity contribution in [3.63, 3.8) is 0 Å². The second-order valence-corrected chi connectivity index (χ2v) is 7.12. The summed E-state index contributed by atoms with van der Waals surface area (Å²) in [6, 6.07) is 16.2. The maximum Gasteiger partial charge on any atom is 0.233 e. The fourth-order valence-electron chi connectivity index (χ4n) is 3.16. The van der Waals surface area contributed by atoms with Gasteiger partial charge in [-0.1, -0.05) is 36.4 Å². The Bertz CT molecular complexity index is 735. The highest BCUT2D eigenvalue weighted by atomic mass is 32.2. The zero-order chi connectivity index (χ0) is 17.6. The molecule has 1 aliphatic rings. The van der Waals surface area contributed by atoms with Crippen molar-refractivity contribution in [3.05, 3.63) is 59.7 Å². The molecule has 3 rings (SSSR count). The number of ether oxygens (including phenoxy) is 1. The number of hydrogen-bond acceptors (Lipinski definition) is 4. The molecule has 0 aromatic heterocycles. The number of hydrogen-bond donors (Lipinski definition) is 1. The van der Waals surface area contributed by atoms with E-state index in [1.807, 2.05) is 41.3 Å². The number of nitrogens with one attached hydrogen (secondary N) is 1. The van der Waals surface area contributed by atoms with Crippen LogP contribution in [0.25, 0.3) is 0 Å². The third kappa shape index (κ3) is 4.17. The number of piperazine rings is 1. The van der Waals surface area contributed by atoms with Crippen molar-refractivity contribution < 1.29 is 9.53 Å². The van der Waals surface area contributed by atoms with E-state index in [9.17, 15) is 4.79 Å². The Morgan fingerprint density at radius 3 is 2.80 bits per heavy atom. The number of thioether (sulfide) groups is 1. The first-order valence-electron chi connectivity index (χ1n) is 8.52. The fourth-order valence-corrected chi connectivity index (χ4v) is 4.08. The first kappa shape index (κ1) is 17.8. The minimum absolute atomic E-state index is 0.00914. The van der Waals surface area contributed by atoms with E-state index in [1.165, 1.54) is 10.5 Å². The third-order valence-corrected chi connectivity index (χ3v) is 5.67. The van der Waals surface area contributed by atoms with Gasteiger partial charge in [-0.15, -0.1) is 11.8 Å². The van der Waals surface area contributed by atoms with Crippen LogP contribution in [0, 0.1) is 6.92 Å². The first-order valence-corrected chi connectivity index (χ1v) is 9.51. The molecule has 4 nitrogen and oxygen atoms in total. The van der Waals surface area contributed by atoms with Crippen molar-refractivity contribution in [2.24, 2.45) is 0 Å². The number of rotatable bonds is 5. The molecule has 0 radical (unpaired) electrons. The molecule has 2 aromatic carbocycles. The minimum Gasteiger partial charge on any atom is -0.496 e. The van der Waals surface area contributed by atoms with Crippen LogP contribution in [-0.4, -0.2) is 43.3 Å². The Hall–Kier alpha value is -1.98. The van der Waals surface area contributed by atoms with Crippen LogP contribution in [0.5, 0.6) is 5.75 Å². The van der Waals surface area contributed by atoms with Gasteiger partial charge in [-0.25, -0.2) is 0 Å². The molecule has 5 heteroatoms.